The number of hydrogen-bond donors (Lipinski definition) is 8. The number of amides is 6. The van der Waals surface area contributed by atoms with Gasteiger partial charge in [-0.15, -0.1) is 0 Å². The lowest BCUT2D eigenvalue weighted by Gasteiger charge is -2.36. The van der Waals surface area contributed by atoms with Crippen LogP contribution in [0.3, 0.4) is 0 Å². The van der Waals surface area contributed by atoms with E-state index in [1.807, 2.05) is 89.2 Å². The largest absolute Gasteiger partial charge is 0.396 e. The molecule has 1 saturated heterocycles. The van der Waals surface area contributed by atoms with E-state index < -0.39 is 46.3 Å². The van der Waals surface area contributed by atoms with Gasteiger partial charge >= 0.3 is 0 Å². The number of aliphatic hydroxyl groups excluding tert-OH is 1. The predicted octanol–water partition coefficient (Wildman–Crippen LogP) is 4.13. The maximum absolute atomic E-state index is 14.7. The van der Waals surface area contributed by atoms with Crippen LogP contribution in [0.15, 0.2) is 72.8 Å². The molecule has 15 nitrogen and oxygen atoms in total. The van der Waals surface area contributed by atoms with Crippen LogP contribution < -0.4 is 37.2 Å². The zero-order valence-corrected chi connectivity index (χ0v) is 43.1. The number of nitrogens with zero attached hydrogens (tertiary/aromatic N) is 1. The third kappa shape index (κ3) is 13.6. The molecular formula is C54H76N8O7S. The average molecular weight is 981 g/mol. The van der Waals surface area contributed by atoms with Crippen molar-refractivity contribution in [3.63, 3.8) is 0 Å². The Morgan fingerprint density at radius 1 is 0.743 bits per heavy atom. The summed E-state index contributed by atoms with van der Waals surface area (Å²) in [4.78, 5) is 86.1. The van der Waals surface area contributed by atoms with Gasteiger partial charge < -0.3 is 47.2 Å². The SMILES string of the molecule is CNCC(=O)NC(C(=O)N1CC(c2ccc(CC(NC(=O)C(NC(=O)C(C)NC)C(C)(C)SCCO)C(=O)NC3CCCc4ccccc43)cc2)CC1C(=O)NC1CCCc2ccccc21)C(C)(C)C. The highest BCUT2D eigenvalue weighted by Crippen LogP contribution is 2.37. The molecule has 380 valence electrons. The van der Waals surface area contributed by atoms with Gasteiger partial charge in [0.2, 0.25) is 35.4 Å². The van der Waals surface area contributed by atoms with Crippen molar-refractivity contribution in [1.82, 2.24) is 42.1 Å². The molecule has 8 N–H and O–H groups in total. The van der Waals surface area contributed by atoms with E-state index in [-0.39, 0.29) is 73.7 Å². The molecule has 2 aliphatic carbocycles. The van der Waals surface area contributed by atoms with Crippen molar-refractivity contribution < 1.29 is 33.9 Å². The van der Waals surface area contributed by atoms with E-state index in [4.69, 9.17) is 0 Å². The van der Waals surface area contributed by atoms with Crippen molar-refractivity contribution in [3.8, 4) is 0 Å². The summed E-state index contributed by atoms with van der Waals surface area (Å²) in [5.41, 5.74) is 5.55. The summed E-state index contributed by atoms with van der Waals surface area (Å²) in [6.07, 6.45) is 5.72. The number of thioether (sulfide) groups is 1. The number of likely N-dealkylation sites (N-methyl/N-ethyl adjacent to an activating group) is 2. The minimum absolute atomic E-state index is 0.0371. The van der Waals surface area contributed by atoms with E-state index in [0.29, 0.717) is 12.2 Å². The molecule has 3 aromatic rings. The molecule has 0 aromatic heterocycles. The molecular weight excluding hydrogens is 905 g/mol. The Hall–Kier alpha value is -5.29. The summed E-state index contributed by atoms with van der Waals surface area (Å²) in [5, 5.41) is 30.9. The highest BCUT2D eigenvalue weighted by atomic mass is 32.2. The van der Waals surface area contributed by atoms with Crippen molar-refractivity contribution in [1.29, 1.82) is 0 Å². The third-order valence-electron chi connectivity index (χ3n) is 14.2. The Balaban J connectivity index is 1.28. The summed E-state index contributed by atoms with van der Waals surface area (Å²) in [6, 6.07) is 19.2. The van der Waals surface area contributed by atoms with Gasteiger partial charge in [-0.25, -0.2) is 0 Å². The molecule has 8 atom stereocenters. The second-order valence-corrected chi connectivity index (χ2v) is 22.5. The van der Waals surface area contributed by atoms with E-state index in [1.54, 1.807) is 25.9 Å². The average Bonchev–Trinajstić information content (AvgIpc) is 3.79. The number of benzene rings is 3. The number of hydrogen-bond acceptors (Lipinski definition) is 10. The molecule has 1 heterocycles. The van der Waals surface area contributed by atoms with Crippen LogP contribution >= 0.6 is 11.8 Å². The zero-order chi connectivity index (χ0) is 50.8. The smallest absolute Gasteiger partial charge is 0.246 e. The van der Waals surface area contributed by atoms with Crippen LogP contribution in [-0.2, 0) is 48.0 Å². The number of aliphatic hydroxyl groups is 1. The highest BCUT2D eigenvalue weighted by molar-refractivity contribution is 8.00. The Morgan fingerprint density at radius 2 is 1.34 bits per heavy atom. The van der Waals surface area contributed by atoms with Gasteiger partial charge in [0.1, 0.15) is 24.2 Å². The Labute approximate surface area is 418 Å². The Morgan fingerprint density at radius 3 is 1.91 bits per heavy atom. The van der Waals surface area contributed by atoms with Crippen molar-refractivity contribution in [2.45, 2.75) is 146 Å². The number of aryl methyl sites for hydroxylation is 2. The predicted molar refractivity (Wildman–Crippen MR) is 275 cm³/mol. The lowest BCUT2D eigenvalue weighted by Crippen LogP contribution is -2.62. The van der Waals surface area contributed by atoms with Gasteiger partial charge in [0, 0.05) is 29.4 Å². The molecule has 1 aliphatic heterocycles. The number of likely N-dealkylation sites (tertiary alicyclic amines) is 1. The lowest BCUT2D eigenvalue weighted by molar-refractivity contribution is -0.144. The van der Waals surface area contributed by atoms with Gasteiger partial charge in [-0.1, -0.05) is 93.6 Å². The van der Waals surface area contributed by atoms with Gasteiger partial charge in [-0.2, -0.15) is 11.8 Å². The normalized spacial score (nSPS) is 20.7. The summed E-state index contributed by atoms with van der Waals surface area (Å²) in [5.74, 6) is -2.03. The first-order chi connectivity index (χ1) is 33.3. The van der Waals surface area contributed by atoms with Gasteiger partial charge in [0.15, 0.2) is 0 Å². The van der Waals surface area contributed by atoms with E-state index in [0.717, 1.165) is 60.8 Å². The first-order valence-electron chi connectivity index (χ1n) is 25.0. The van der Waals surface area contributed by atoms with E-state index in [9.17, 15) is 33.9 Å². The van der Waals surface area contributed by atoms with Crippen molar-refractivity contribution >= 4 is 47.2 Å². The quantitative estimate of drug-likeness (QED) is 0.0812. The van der Waals surface area contributed by atoms with Crippen LogP contribution in [0.25, 0.3) is 0 Å². The fourth-order valence-corrected chi connectivity index (χ4v) is 11.0. The Kier molecular flexibility index (Phi) is 18.7. The van der Waals surface area contributed by atoms with Crippen LogP contribution in [0.5, 0.6) is 0 Å². The van der Waals surface area contributed by atoms with Gasteiger partial charge in [-0.3, -0.25) is 28.8 Å². The van der Waals surface area contributed by atoms with E-state index in [2.05, 4.69) is 55.4 Å². The summed E-state index contributed by atoms with van der Waals surface area (Å²) >= 11 is 1.35. The molecule has 6 amide bonds. The van der Waals surface area contributed by atoms with E-state index >= 15 is 0 Å². The Bertz CT molecular complexity index is 2320. The maximum atomic E-state index is 14.7. The fraction of sp³-hybridized carbons (Fsp3) is 0.556. The fourth-order valence-electron chi connectivity index (χ4n) is 10.1. The first-order valence-corrected chi connectivity index (χ1v) is 26.0. The van der Waals surface area contributed by atoms with Crippen LogP contribution in [0, 0.1) is 5.41 Å². The minimum atomic E-state index is -1.05. The van der Waals surface area contributed by atoms with E-state index in [1.165, 1.54) is 22.9 Å². The maximum Gasteiger partial charge on any atom is 0.246 e. The van der Waals surface area contributed by atoms with Gasteiger partial charge in [0.05, 0.1) is 31.3 Å². The molecule has 0 spiro atoms. The summed E-state index contributed by atoms with van der Waals surface area (Å²) < 4.78 is -0.863. The monoisotopic (exact) mass is 981 g/mol. The van der Waals surface area contributed by atoms with Crippen molar-refractivity contribution in [2.75, 3.05) is 39.5 Å². The van der Waals surface area contributed by atoms with Gasteiger partial charge in [0.25, 0.3) is 0 Å². The summed E-state index contributed by atoms with van der Waals surface area (Å²) in [7, 11) is 3.33. The minimum Gasteiger partial charge on any atom is -0.396 e. The molecule has 0 bridgehead atoms. The lowest BCUT2D eigenvalue weighted by atomic mass is 9.85. The standard InChI is InChI=1S/C54H76N8O7S/c1-33(56-8)48(65)61-46(54(5,6)70-28-27-63)51(68)59-43(49(66)57-41-21-13-17-36-15-9-11-19-39(36)41)29-34-23-25-35(26-24-34)38-30-44(50(67)58-42-22-14-18-37-16-10-12-20-40(37)42)62(32-38)52(69)47(53(2,3)4)60-45(64)31-55-7/h9-12,15-16,19-20,23-26,33,38,41-44,46-47,55-56,63H,13-14,17-18,21-22,27-32H2,1-8H3,(H,57,66)(H,58,67)(H,59,68)(H,60,64)(H,61,65). The number of carbonyl (C=O) groups is 6. The molecule has 3 aromatic carbocycles. The topological polar surface area (TPSA) is 210 Å². The number of nitrogens with one attached hydrogen (secondary N) is 7. The van der Waals surface area contributed by atoms with Crippen LogP contribution in [-0.4, -0.2) is 120 Å². The third-order valence-corrected chi connectivity index (χ3v) is 15.5. The highest BCUT2D eigenvalue weighted by Gasteiger charge is 2.46. The molecule has 70 heavy (non-hydrogen) atoms. The van der Waals surface area contributed by atoms with Crippen molar-refractivity contribution in [3.05, 3.63) is 106 Å². The summed E-state index contributed by atoms with van der Waals surface area (Å²) in [6.45, 7) is 11.2. The van der Waals surface area contributed by atoms with Crippen LogP contribution in [0.2, 0.25) is 0 Å². The zero-order valence-electron chi connectivity index (χ0n) is 42.3. The second-order valence-electron chi connectivity index (χ2n) is 20.8. The first kappa shape index (κ1) is 54.1. The second kappa shape index (κ2) is 24.2. The molecule has 6 rings (SSSR count). The molecule has 3 aliphatic rings. The van der Waals surface area contributed by atoms with Crippen molar-refractivity contribution in [2.24, 2.45) is 5.41 Å². The molecule has 8 unspecified atom stereocenters. The number of carbonyl (C=O) groups excluding carboxylic acids is 6. The van der Waals surface area contributed by atoms with Crippen LogP contribution in [0.1, 0.15) is 125 Å². The molecule has 1 fully saturated rings. The molecule has 0 radical (unpaired) electrons. The van der Waals surface area contributed by atoms with Crippen LogP contribution in [0.4, 0.5) is 0 Å². The number of fused-ring (bicyclic) bond motifs is 2. The molecule has 16 heteroatoms. The number of rotatable bonds is 20. The van der Waals surface area contributed by atoms with Gasteiger partial charge in [-0.05, 0) is 119 Å². The molecule has 0 saturated carbocycles.